The third kappa shape index (κ3) is 3.12. The molecule has 3 aromatic rings. The fourth-order valence-electron chi connectivity index (χ4n) is 2.32. The minimum atomic E-state index is -0.766. The zero-order valence-electron chi connectivity index (χ0n) is 12.4. The molecule has 0 bridgehead atoms. The van der Waals surface area contributed by atoms with Crippen LogP contribution in [0.5, 0.6) is 5.75 Å². The Hall–Kier alpha value is -2.59. The van der Waals surface area contributed by atoms with Crippen molar-refractivity contribution in [2.24, 2.45) is 0 Å². The number of ether oxygens (including phenoxy) is 2. The molecule has 1 unspecified atom stereocenters. The largest absolute Gasteiger partial charge is 0.469 e. The van der Waals surface area contributed by atoms with E-state index < -0.39 is 11.5 Å². The first-order valence-corrected chi connectivity index (χ1v) is 7.45. The number of nitrogens with zero attached hydrogens (tertiary/aromatic N) is 1. The topological polar surface area (TPSA) is 48.4 Å². The number of esters is 1. The van der Waals surface area contributed by atoms with Crippen molar-refractivity contribution in [3.8, 4) is 5.75 Å². The van der Waals surface area contributed by atoms with Gasteiger partial charge in [-0.25, -0.2) is 4.79 Å². The maximum Gasteiger partial charge on any atom is 0.341 e. The SMILES string of the molecule is COC(=O)c1ccc2ccccc2c1OC(Cl)c1cccnc1. The second-order valence-corrected chi connectivity index (χ2v) is 5.27. The summed E-state index contributed by atoms with van der Waals surface area (Å²) in [5.74, 6) is -0.0698. The predicted octanol–water partition coefficient (Wildman–Crippen LogP) is 4.34. The van der Waals surface area contributed by atoms with Crippen molar-refractivity contribution in [2.45, 2.75) is 5.56 Å². The Morgan fingerprint density at radius 3 is 2.70 bits per heavy atom. The summed E-state index contributed by atoms with van der Waals surface area (Å²) in [6.07, 6.45) is 3.28. The molecule has 0 aliphatic heterocycles. The molecular weight excluding hydrogens is 314 g/mol. The lowest BCUT2D eigenvalue weighted by Crippen LogP contribution is -2.08. The first-order valence-electron chi connectivity index (χ1n) is 7.01. The molecule has 0 aliphatic rings. The van der Waals surface area contributed by atoms with Gasteiger partial charge in [-0.3, -0.25) is 4.98 Å². The van der Waals surface area contributed by atoms with E-state index in [4.69, 9.17) is 21.1 Å². The first-order chi connectivity index (χ1) is 11.2. The number of carbonyl (C=O) groups is 1. The lowest BCUT2D eigenvalue weighted by Gasteiger charge is -2.17. The van der Waals surface area contributed by atoms with Gasteiger partial charge in [0.25, 0.3) is 0 Å². The number of rotatable bonds is 4. The Labute approximate surface area is 138 Å². The minimum absolute atomic E-state index is 0.334. The second-order valence-electron chi connectivity index (χ2n) is 4.88. The zero-order chi connectivity index (χ0) is 16.2. The van der Waals surface area contributed by atoms with Crippen molar-refractivity contribution in [1.29, 1.82) is 0 Å². The third-order valence-corrected chi connectivity index (χ3v) is 3.79. The predicted molar refractivity (Wildman–Crippen MR) is 88.7 cm³/mol. The van der Waals surface area contributed by atoms with E-state index in [1.54, 1.807) is 24.5 Å². The number of benzene rings is 2. The monoisotopic (exact) mass is 327 g/mol. The van der Waals surface area contributed by atoms with Crippen molar-refractivity contribution in [1.82, 2.24) is 4.98 Å². The van der Waals surface area contributed by atoms with Crippen LogP contribution in [-0.4, -0.2) is 18.1 Å². The maximum absolute atomic E-state index is 12.0. The minimum Gasteiger partial charge on any atom is -0.469 e. The summed E-state index contributed by atoms with van der Waals surface area (Å²) >= 11 is 6.35. The fourth-order valence-corrected chi connectivity index (χ4v) is 2.54. The molecular formula is C18H14ClNO3. The molecule has 0 saturated carbocycles. The van der Waals surface area contributed by atoms with Gasteiger partial charge < -0.3 is 9.47 Å². The highest BCUT2D eigenvalue weighted by Crippen LogP contribution is 2.35. The quantitative estimate of drug-likeness (QED) is 0.528. The molecule has 23 heavy (non-hydrogen) atoms. The lowest BCUT2D eigenvalue weighted by molar-refractivity contribution is 0.0595. The number of hydrogen-bond donors (Lipinski definition) is 0. The second kappa shape index (κ2) is 6.67. The van der Waals surface area contributed by atoms with E-state index in [9.17, 15) is 4.79 Å². The summed E-state index contributed by atoms with van der Waals surface area (Å²) < 4.78 is 10.7. The molecule has 1 atom stereocenters. The average Bonchev–Trinajstić information content (AvgIpc) is 2.62. The number of carbonyl (C=O) groups excluding carboxylic acids is 1. The van der Waals surface area contributed by atoms with Crippen LogP contribution in [0.4, 0.5) is 0 Å². The van der Waals surface area contributed by atoms with E-state index in [-0.39, 0.29) is 0 Å². The van der Waals surface area contributed by atoms with Crippen molar-refractivity contribution in [3.63, 3.8) is 0 Å². The smallest absolute Gasteiger partial charge is 0.341 e. The Bertz CT molecular complexity index is 836. The molecule has 0 spiro atoms. The van der Waals surface area contributed by atoms with Crippen LogP contribution in [0.2, 0.25) is 0 Å². The molecule has 1 heterocycles. The Morgan fingerprint density at radius 1 is 1.13 bits per heavy atom. The van der Waals surface area contributed by atoms with Crippen molar-refractivity contribution in [3.05, 3.63) is 72.1 Å². The Morgan fingerprint density at radius 2 is 1.96 bits per heavy atom. The van der Waals surface area contributed by atoms with Crippen LogP contribution in [0.15, 0.2) is 60.9 Å². The number of fused-ring (bicyclic) bond motifs is 1. The molecule has 0 N–H and O–H groups in total. The summed E-state index contributed by atoms with van der Waals surface area (Å²) in [5, 5.41) is 1.75. The van der Waals surface area contributed by atoms with Crippen LogP contribution in [-0.2, 0) is 4.74 Å². The summed E-state index contributed by atoms with van der Waals surface area (Å²) in [4.78, 5) is 16.1. The Balaban J connectivity index is 2.08. The van der Waals surface area contributed by atoms with Crippen molar-refractivity contribution >= 4 is 28.3 Å². The van der Waals surface area contributed by atoms with Gasteiger partial charge in [0.1, 0.15) is 11.3 Å². The number of aromatic nitrogens is 1. The van der Waals surface area contributed by atoms with Crippen molar-refractivity contribution in [2.75, 3.05) is 7.11 Å². The summed E-state index contributed by atoms with van der Waals surface area (Å²) in [6, 6.07) is 14.7. The van der Waals surface area contributed by atoms with Crippen LogP contribution in [0, 0.1) is 0 Å². The molecule has 4 nitrogen and oxygen atoms in total. The number of alkyl halides is 1. The van der Waals surface area contributed by atoms with Gasteiger partial charge in [-0.2, -0.15) is 0 Å². The van der Waals surface area contributed by atoms with Gasteiger partial charge in [0, 0.05) is 23.3 Å². The Kier molecular flexibility index (Phi) is 4.44. The molecule has 0 amide bonds. The van der Waals surface area contributed by atoms with Crippen LogP contribution >= 0.6 is 11.6 Å². The van der Waals surface area contributed by atoms with Gasteiger partial charge >= 0.3 is 5.97 Å². The standard InChI is InChI=1S/C18H14ClNO3/c1-22-18(21)15-9-8-12-5-2-3-7-14(12)16(15)23-17(19)13-6-4-10-20-11-13/h2-11,17H,1H3. The molecule has 0 aliphatic carbocycles. The molecule has 0 saturated heterocycles. The highest BCUT2D eigenvalue weighted by molar-refractivity contribution is 6.20. The van der Waals surface area contributed by atoms with E-state index in [1.165, 1.54) is 7.11 Å². The number of halogens is 1. The van der Waals surface area contributed by atoms with Crippen molar-refractivity contribution < 1.29 is 14.3 Å². The average molecular weight is 328 g/mol. The summed E-state index contributed by atoms with van der Waals surface area (Å²) in [7, 11) is 1.33. The number of hydrogen-bond acceptors (Lipinski definition) is 4. The normalized spacial score (nSPS) is 11.9. The van der Waals surface area contributed by atoms with E-state index in [1.807, 2.05) is 36.4 Å². The van der Waals surface area contributed by atoms with Gasteiger partial charge in [0.05, 0.1) is 7.11 Å². The number of pyridine rings is 1. The van der Waals surface area contributed by atoms with Gasteiger partial charge in [0.15, 0.2) is 5.56 Å². The highest BCUT2D eigenvalue weighted by Gasteiger charge is 2.20. The molecule has 2 aromatic carbocycles. The molecule has 1 aromatic heterocycles. The van der Waals surface area contributed by atoms with Crippen LogP contribution < -0.4 is 4.74 Å². The van der Waals surface area contributed by atoms with E-state index in [2.05, 4.69) is 4.98 Å². The van der Waals surface area contributed by atoms with E-state index in [0.29, 0.717) is 16.9 Å². The van der Waals surface area contributed by atoms with Crippen LogP contribution in [0.3, 0.4) is 0 Å². The third-order valence-electron chi connectivity index (χ3n) is 3.45. The first kappa shape index (κ1) is 15.3. The fraction of sp³-hybridized carbons (Fsp3) is 0.111. The van der Waals surface area contributed by atoms with Gasteiger partial charge in [0.2, 0.25) is 0 Å². The molecule has 3 rings (SSSR count). The van der Waals surface area contributed by atoms with Gasteiger partial charge in [-0.05, 0) is 17.5 Å². The van der Waals surface area contributed by atoms with E-state index in [0.717, 1.165) is 10.8 Å². The molecule has 116 valence electrons. The molecule has 0 fully saturated rings. The summed E-state index contributed by atoms with van der Waals surface area (Å²) in [5.41, 5.74) is 0.275. The van der Waals surface area contributed by atoms with E-state index >= 15 is 0 Å². The zero-order valence-corrected chi connectivity index (χ0v) is 13.2. The van der Waals surface area contributed by atoms with Crippen LogP contribution in [0.1, 0.15) is 21.5 Å². The maximum atomic E-state index is 12.0. The molecule has 5 heteroatoms. The number of methoxy groups -OCH3 is 1. The van der Waals surface area contributed by atoms with Gasteiger partial charge in [-0.15, -0.1) is 0 Å². The molecule has 0 radical (unpaired) electrons. The van der Waals surface area contributed by atoms with Crippen LogP contribution in [0.25, 0.3) is 10.8 Å². The lowest BCUT2D eigenvalue weighted by atomic mass is 10.1. The van der Waals surface area contributed by atoms with Gasteiger partial charge in [-0.1, -0.05) is 48.0 Å². The summed E-state index contributed by atoms with van der Waals surface area (Å²) in [6.45, 7) is 0. The highest BCUT2D eigenvalue weighted by atomic mass is 35.5.